The molecule has 0 aromatic rings. The van der Waals surface area contributed by atoms with Gasteiger partial charge in [-0.2, -0.15) is 0 Å². The fraction of sp³-hybridized carbons (Fsp3) is 0.857. The van der Waals surface area contributed by atoms with Crippen LogP contribution in [0.25, 0.3) is 0 Å². The van der Waals surface area contributed by atoms with Gasteiger partial charge in [0.2, 0.25) is 0 Å². The number of carboxylic acids is 1. The van der Waals surface area contributed by atoms with Gasteiger partial charge >= 0.3 is 5.97 Å². The highest BCUT2D eigenvalue weighted by Crippen LogP contribution is 2.30. The van der Waals surface area contributed by atoms with Gasteiger partial charge in [0.25, 0.3) is 0 Å². The summed E-state index contributed by atoms with van der Waals surface area (Å²) in [4.78, 5) is 10.3. The van der Waals surface area contributed by atoms with Gasteiger partial charge in [-0.05, 0) is 6.42 Å². The van der Waals surface area contributed by atoms with Crippen LogP contribution in [0.4, 0.5) is 0 Å². The summed E-state index contributed by atoms with van der Waals surface area (Å²) in [5.41, 5.74) is 0. The maximum atomic E-state index is 10.3. The fourth-order valence-electron chi connectivity index (χ4n) is 1.08. The van der Waals surface area contributed by atoms with Crippen LogP contribution in [-0.4, -0.2) is 23.2 Å². The molecular formula is C7H13NO2. The van der Waals surface area contributed by atoms with Gasteiger partial charge in [-0.15, -0.1) is 0 Å². The van der Waals surface area contributed by atoms with Gasteiger partial charge in [-0.25, -0.2) is 0 Å². The summed E-state index contributed by atoms with van der Waals surface area (Å²) in [6.45, 7) is 4.05. The lowest BCUT2D eigenvalue weighted by atomic mass is 10.3. The lowest BCUT2D eigenvalue weighted by molar-refractivity contribution is -0.138. The number of rotatable bonds is 3. The van der Waals surface area contributed by atoms with Crippen molar-refractivity contribution in [1.82, 2.24) is 5.32 Å². The van der Waals surface area contributed by atoms with Gasteiger partial charge in [-0.1, -0.05) is 13.8 Å². The van der Waals surface area contributed by atoms with Gasteiger partial charge in [0.15, 0.2) is 0 Å². The molecule has 3 heteroatoms. The molecule has 0 aromatic heterocycles. The number of aliphatic carboxylic acids is 1. The summed E-state index contributed by atoms with van der Waals surface area (Å²) in [7, 11) is 0. The molecule has 0 aliphatic heterocycles. The first kappa shape index (κ1) is 7.54. The molecule has 1 aliphatic carbocycles. The highest BCUT2D eigenvalue weighted by Gasteiger charge is 2.43. The molecule has 2 unspecified atom stereocenters. The highest BCUT2D eigenvalue weighted by atomic mass is 16.4. The van der Waals surface area contributed by atoms with Crippen LogP contribution in [0.2, 0.25) is 0 Å². The molecule has 58 valence electrons. The van der Waals surface area contributed by atoms with E-state index in [0.29, 0.717) is 6.04 Å². The van der Waals surface area contributed by atoms with Crippen LogP contribution >= 0.6 is 0 Å². The zero-order chi connectivity index (χ0) is 7.72. The molecule has 3 nitrogen and oxygen atoms in total. The molecular weight excluding hydrogens is 130 g/mol. The number of carboxylic acid groups (broad SMARTS) is 1. The van der Waals surface area contributed by atoms with E-state index in [1.807, 2.05) is 13.8 Å². The van der Waals surface area contributed by atoms with Crippen molar-refractivity contribution in [3.8, 4) is 0 Å². The van der Waals surface area contributed by atoms with E-state index < -0.39 is 5.97 Å². The quantitative estimate of drug-likeness (QED) is 0.603. The van der Waals surface area contributed by atoms with E-state index in [0.717, 1.165) is 6.42 Å². The molecule has 1 rings (SSSR count). The number of hydrogen-bond donors (Lipinski definition) is 2. The zero-order valence-electron chi connectivity index (χ0n) is 6.29. The minimum absolute atomic E-state index is 0.123. The Hall–Kier alpha value is -0.570. The van der Waals surface area contributed by atoms with Crippen LogP contribution in [0, 0.1) is 5.92 Å². The summed E-state index contributed by atoms with van der Waals surface area (Å²) in [5.74, 6) is -0.791. The minimum atomic E-state index is -0.668. The third-order valence-corrected chi connectivity index (χ3v) is 1.66. The smallest absolute Gasteiger partial charge is 0.308 e. The van der Waals surface area contributed by atoms with E-state index in [4.69, 9.17) is 5.11 Å². The average Bonchev–Trinajstić information content (AvgIpc) is 2.43. The summed E-state index contributed by atoms with van der Waals surface area (Å²) in [6, 6.07) is 0.631. The summed E-state index contributed by atoms with van der Waals surface area (Å²) >= 11 is 0. The number of nitrogens with one attached hydrogen (secondary N) is 1. The Kier molecular flexibility index (Phi) is 1.94. The normalized spacial score (nSPS) is 30.7. The molecule has 1 saturated carbocycles. The third kappa shape index (κ3) is 1.70. The summed E-state index contributed by atoms with van der Waals surface area (Å²) < 4.78 is 0. The Morgan fingerprint density at radius 1 is 1.70 bits per heavy atom. The van der Waals surface area contributed by atoms with Gasteiger partial charge in [0.05, 0.1) is 5.92 Å². The van der Waals surface area contributed by atoms with Crippen LogP contribution < -0.4 is 5.32 Å². The lowest BCUT2D eigenvalue weighted by Gasteiger charge is -2.04. The van der Waals surface area contributed by atoms with Gasteiger partial charge in [0.1, 0.15) is 0 Å². The Balaban J connectivity index is 2.20. The van der Waals surface area contributed by atoms with Crippen molar-refractivity contribution >= 4 is 5.97 Å². The van der Waals surface area contributed by atoms with Gasteiger partial charge in [-0.3, -0.25) is 4.79 Å². The topological polar surface area (TPSA) is 49.3 Å². The molecule has 1 fully saturated rings. The van der Waals surface area contributed by atoms with E-state index in [1.54, 1.807) is 0 Å². The Labute approximate surface area is 60.4 Å². The fourth-order valence-corrected chi connectivity index (χ4v) is 1.08. The van der Waals surface area contributed by atoms with E-state index in [1.165, 1.54) is 0 Å². The average molecular weight is 143 g/mol. The second kappa shape index (κ2) is 2.58. The van der Waals surface area contributed by atoms with Crippen molar-refractivity contribution in [3.05, 3.63) is 0 Å². The molecule has 2 N–H and O–H groups in total. The lowest BCUT2D eigenvalue weighted by Crippen LogP contribution is -2.27. The monoisotopic (exact) mass is 143 g/mol. The second-order valence-electron chi connectivity index (χ2n) is 3.11. The zero-order valence-corrected chi connectivity index (χ0v) is 6.29. The first-order valence-corrected chi connectivity index (χ1v) is 3.60. The second-order valence-corrected chi connectivity index (χ2v) is 3.11. The van der Waals surface area contributed by atoms with Crippen molar-refractivity contribution in [2.24, 2.45) is 5.92 Å². The maximum Gasteiger partial charge on any atom is 0.308 e. The minimum Gasteiger partial charge on any atom is -0.481 e. The van der Waals surface area contributed by atoms with Crippen molar-refractivity contribution in [1.29, 1.82) is 0 Å². The van der Waals surface area contributed by atoms with Gasteiger partial charge < -0.3 is 10.4 Å². The predicted molar refractivity (Wildman–Crippen MR) is 37.8 cm³/mol. The number of hydrogen-bond acceptors (Lipinski definition) is 2. The van der Waals surface area contributed by atoms with Crippen LogP contribution in [0.1, 0.15) is 20.3 Å². The summed E-state index contributed by atoms with van der Waals surface area (Å²) in [6.07, 6.45) is 0.799. The van der Waals surface area contributed by atoms with Gasteiger partial charge in [0, 0.05) is 12.1 Å². The molecule has 0 heterocycles. The SMILES string of the molecule is CC(C)NC1CC1C(=O)O. The van der Waals surface area contributed by atoms with Crippen LogP contribution in [-0.2, 0) is 4.79 Å². The van der Waals surface area contributed by atoms with Crippen molar-refractivity contribution < 1.29 is 9.90 Å². The van der Waals surface area contributed by atoms with E-state index in [9.17, 15) is 4.79 Å². The molecule has 0 radical (unpaired) electrons. The van der Waals surface area contributed by atoms with E-state index in [-0.39, 0.29) is 12.0 Å². The molecule has 1 aliphatic rings. The standard InChI is InChI=1S/C7H13NO2/c1-4(2)8-6-3-5(6)7(9)10/h4-6,8H,3H2,1-2H3,(H,9,10). The van der Waals surface area contributed by atoms with Crippen LogP contribution in [0.15, 0.2) is 0 Å². The van der Waals surface area contributed by atoms with Crippen molar-refractivity contribution in [2.45, 2.75) is 32.4 Å². The molecule has 0 amide bonds. The number of carbonyl (C=O) groups is 1. The maximum absolute atomic E-state index is 10.3. The Bertz CT molecular complexity index is 145. The Morgan fingerprint density at radius 2 is 2.30 bits per heavy atom. The van der Waals surface area contributed by atoms with Crippen LogP contribution in [0.3, 0.4) is 0 Å². The van der Waals surface area contributed by atoms with Crippen molar-refractivity contribution in [3.63, 3.8) is 0 Å². The van der Waals surface area contributed by atoms with Crippen molar-refractivity contribution in [2.75, 3.05) is 0 Å². The third-order valence-electron chi connectivity index (χ3n) is 1.66. The first-order valence-electron chi connectivity index (χ1n) is 3.60. The largest absolute Gasteiger partial charge is 0.481 e. The molecule has 2 atom stereocenters. The molecule has 0 spiro atoms. The van der Waals surface area contributed by atoms with E-state index >= 15 is 0 Å². The summed E-state index contributed by atoms with van der Waals surface area (Å²) in [5, 5.41) is 11.7. The molecule has 0 saturated heterocycles. The molecule has 10 heavy (non-hydrogen) atoms. The predicted octanol–water partition coefficient (Wildman–Crippen LogP) is 0.457. The molecule has 0 aromatic carbocycles. The highest BCUT2D eigenvalue weighted by molar-refractivity contribution is 5.74. The Morgan fingerprint density at radius 3 is 2.60 bits per heavy atom. The first-order chi connectivity index (χ1) is 4.61. The molecule has 0 bridgehead atoms. The van der Waals surface area contributed by atoms with E-state index in [2.05, 4.69) is 5.32 Å². The van der Waals surface area contributed by atoms with Crippen LogP contribution in [0.5, 0.6) is 0 Å².